The molecule has 11 aromatic carbocycles. The van der Waals surface area contributed by atoms with E-state index < -0.39 is 0 Å². The highest BCUT2D eigenvalue weighted by molar-refractivity contribution is 6.21. The van der Waals surface area contributed by atoms with Gasteiger partial charge in [0, 0.05) is 12.1 Å². The quantitative estimate of drug-likeness (QED) is 0.153. The fourth-order valence-electron chi connectivity index (χ4n) is 9.98. The fourth-order valence-corrected chi connectivity index (χ4v) is 9.98. The molecule has 1 aromatic heterocycles. The minimum atomic E-state index is 0.870. The van der Waals surface area contributed by atoms with Crippen molar-refractivity contribution >= 4 is 64.9 Å². The number of nitrogens with zero attached hydrogens (tertiary/aromatic N) is 2. The number of hydrogen-bond acceptors (Lipinski definition) is 1. The Morgan fingerprint density at radius 2 is 0.871 bits per heavy atom. The van der Waals surface area contributed by atoms with Gasteiger partial charge in [-0.3, -0.25) is 0 Å². The van der Waals surface area contributed by atoms with Crippen LogP contribution in [0.15, 0.2) is 206 Å². The van der Waals surface area contributed by atoms with Crippen LogP contribution in [0.3, 0.4) is 0 Å². The SMILES string of the molecule is CCn1c(-c2ccccc2)nc2cc(-c3ccc4cc(-c5ccc(-c6ccc7c(ccc8cccc(-c9cccc%10ccc%11cccc(C)c%11c9%10)c87)c6)cc5)ccc4c3)ccc21. The molecule has 12 aromatic rings. The summed E-state index contributed by atoms with van der Waals surface area (Å²) in [5.41, 5.74) is 14.4. The van der Waals surface area contributed by atoms with Crippen LogP contribution in [0.2, 0.25) is 0 Å². The highest BCUT2D eigenvalue weighted by atomic mass is 15.1. The number of benzene rings is 11. The van der Waals surface area contributed by atoms with Gasteiger partial charge in [-0.2, -0.15) is 0 Å². The molecule has 0 saturated carbocycles. The van der Waals surface area contributed by atoms with Crippen LogP contribution in [0.4, 0.5) is 0 Å². The van der Waals surface area contributed by atoms with Crippen LogP contribution in [0.1, 0.15) is 12.5 Å². The van der Waals surface area contributed by atoms with Crippen LogP contribution in [0.25, 0.3) is 121 Å². The van der Waals surface area contributed by atoms with E-state index in [1.54, 1.807) is 0 Å². The van der Waals surface area contributed by atoms with Gasteiger partial charge in [0.05, 0.1) is 11.0 Å². The van der Waals surface area contributed by atoms with Crippen LogP contribution >= 0.6 is 0 Å². The predicted octanol–water partition coefficient (Wildman–Crippen LogP) is 16.5. The first-order chi connectivity index (χ1) is 30.6. The molecule has 0 fully saturated rings. The number of aryl methyl sites for hydroxylation is 2. The van der Waals surface area contributed by atoms with Crippen LogP contribution in [0.5, 0.6) is 0 Å². The van der Waals surface area contributed by atoms with E-state index in [0.29, 0.717) is 0 Å². The minimum absolute atomic E-state index is 0.870. The summed E-state index contributed by atoms with van der Waals surface area (Å²) in [4.78, 5) is 5.09. The van der Waals surface area contributed by atoms with Crippen molar-refractivity contribution in [3.05, 3.63) is 212 Å². The molecule has 0 aliphatic carbocycles. The monoisotopic (exact) mass is 790 g/mol. The lowest BCUT2D eigenvalue weighted by Gasteiger charge is -2.16. The Morgan fingerprint density at radius 1 is 0.371 bits per heavy atom. The third kappa shape index (κ3) is 5.90. The number of aromatic nitrogens is 2. The zero-order chi connectivity index (χ0) is 41.3. The van der Waals surface area contributed by atoms with Crippen LogP contribution in [-0.4, -0.2) is 9.55 Å². The van der Waals surface area contributed by atoms with Crippen LogP contribution in [-0.2, 0) is 6.54 Å². The Balaban J connectivity index is 0.853. The first-order valence-corrected chi connectivity index (χ1v) is 21.7. The number of hydrogen-bond donors (Lipinski definition) is 0. The average Bonchev–Trinajstić information content (AvgIpc) is 3.71. The van der Waals surface area contributed by atoms with Gasteiger partial charge in [-0.15, -0.1) is 0 Å². The second-order valence-corrected chi connectivity index (χ2v) is 16.7. The molecule has 0 unspecified atom stereocenters. The number of rotatable bonds is 6. The Morgan fingerprint density at radius 3 is 1.55 bits per heavy atom. The standard InChI is InChI=1S/C60H42N2/c1-3-62-56-33-31-50(37-55(56)61-60(62)44-11-5-4-6-12-44)49-28-27-47-34-45(25-26-48(47)35-49)39-18-20-40(21-19-39)46-30-32-52-51(36-46)29-24-42-14-8-16-53(58(42)52)54-17-9-15-43-23-22-41-13-7-10-38(2)57(41)59(43)54/h4-37H,3H2,1-2H3. The number of fused-ring (bicyclic) bond motifs is 8. The van der Waals surface area contributed by atoms with Gasteiger partial charge in [-0.1, -0.05) is 176 Å². The third-order valence-electron chi connectivity index (χ3n) is 13.1. The van der Waals surface area contributed by atoms with Gasteiger partial charge in [0.1, 0.15) is 5.82 Å². The summed E-state index contributed by atoms with van der Waals surface area (Å²) in [5, 5.41) is 12.7. The van der Waals surface area contributed by atoms with Crippen molar-refractivity contribution in [2.75, 3.05) is 0 Å². The molecule has 0 aliphatic heterocycles. The van der Waals surface area contributed by atoms with E-state index in [9.17, 15) is 0 Å². The maximum Gasteiger partial charge on any atom is 0.141 e. The third-order valence-corrected chi connectivity index (χ3v) is 13.1. The molecular weight excluding hydrogens is 749 g/mol. The smallest absolute Gasteiger partial charge is 0.141 e. The topological polar surface area (TPSA) is 17.8 Å². The molecular formula is C60H42N2. The van der Waals surface area contributed by atoms with E-state index in [4.69, 9.17) is 4.98 Å². The van der Waals surface area contributed by atoms with E-state index in [1.807, 2.05) is 0 Å². The summed E-state index contributed by atoms with van der Waals surface area (Å²) < 4.78 is 2.30. The van der Waals surface area contributed by atoms with E-state index in [1.165, 1.54) is 104 Å². The zero-order valence-corrected chi connectivity index (χ0v) is 34.7. The maximum atomic E-state index is 5.09. The van der Waals surface area contributed by atoms with Gasteiger partial charge in [0.2, 0.25) is 0 Å². The molecule has 0 radical (unpaired) electrons. The fraction of sp³-hybridized carbons (Fsp3) is 0.0500. The molecule has 2 heteroatoms. The summed E-state index contributed by atoms with van der Waals surface area (Å²) in [5.74, 6) is 1.01. The summed E-state index contributed by atoms with van der Waals surface area (Å²) in [6.07, 6.45) is 0. The van der Waals surface area contributed by atoms with Crippen molar-refractivity contribution in [3.63, 3.8) is 0 Å². The van der Waals surface area contributed by atoms with Gasteiger partial charge in [-0.05, 0) is 148 Å². The molecule has 62 heavy (non-hydrogen) atoms. The minimum Gasteiger partial charge on any atom is -0.324 e. The lowest BCUT2D eigenvalue weighted by atomic mass is 9.88. The van der Waals surface area contributed by atoms with Crippen molar-refractivity contribution in [3.8, 4) is 55.9 Å². The van der Waals surface area contributed by atoms with Crippen molar-refractivity contribution in [2.45, 2.75) is 20.4 Å². The Hall–Kier alpha value is -7.81. The molecule has 0 bridgehead atoms. The predicted molar refractivity (Wildman–Crippen MR) is 265 cm³/mol. The molecule has 2 nitrogen and oxygen atoms in total. The molecule has 0 atom stereocenters. The van der Waals surface area contributed by atoms with E-state index in [-0.39, 0.29) is 0 Å². The molecule has 0 N–H and O–H groups in total. The summed E-state index contributed by atoms with van der Waals surface area (Å²) in [6, 6.07) is 76.0. The summed E-state index contributed by atoms with van der Waals surface area (Å²) in [6.45, 7) is 5.29. The Labute approximate surface area is 361 Å². The molecule has 1 heterocycles. The van der Waals surface area contributed by atoms with Gasteiger partial charge in [-0.25, -0.2) is 4.98 Å². The van der Waals surface area contributed by atoms with Crippen molar-refractivity contribution < 1.29 is 0 Å². The lowest BCUT2D eigenvalue weighted by Crippen LogP contribution is -1.97. The van der Waals surface area contributed by atoms with Gasteiger partial charge < -0.3 is 4.57 Å². The number of imidazole rings is 1. The highest BCUT2D eigenvalue weighted by Crippen LogP contribution is 2.42. The normalized spacial score (nSPS) is 11.8. The molecule has 12 rings (SSSR count). The zero-order valence-electron chi connectivity index (χ0n) is 34.7. The molecule has 0 aliphatic rings. The van der Waals surface area contributed by atoms with Gasteiger partial charge in [0.15, 0.2) is 0 Å². The largest absolute Gasteiger partial charge is 0.324 e. The van der Waals surface area contributed by atoms with Gasteiger partial charge in [0.25, 0.3) is 0 Å². The van der Waals surface area contributed by atoms with Crippen molar-refractivity contribution in [1.29, 1.82) is 0 Å². The second kappa shape index (κ2) is 14.4. The van der Waals surface area contributed by atoms with Crippen LogP contribution < -0.4 is 0 Å². The van der Waals surface area contributed by atoms with Crippen molar-refractivity contribution in [2.24, 2.45) is 0 Å². The van der Waals surface area contributed by atoms with Gasteiger partial charge >= 0.3 is 0 Å². The lowest BCUT2D eigenvalue weighted by molar-refractivity contribution is 0.796. The molecule has 0 spiro atoms. The molecule has 0 saturated heterocycles. The average molecular weight is 791 g/mol. The molecule has 292 valence electrons. The van der Waals surface area contributed by atoms with E-state index in [0.717, 1.165) is 29.0 Å². The second-order valence-electron chi connectivity index (χ2n) is 16.7. The summed E-state index contributed by atoms with van der Waals surface area (Å²) >= 11 is 0. The van der Waals surface area contributed by atoms with Crippen molar-refractivity contribution in [1.82, 2.24) is 9.55 Å². The Bertz CT molecular complexity index is 3720. The van der Waals surface area contributed by atoms with Crippen LogP contribution in [0, 0.1) is 6.92 Å². The molecule has 0 amide bonds. The highest BCUT2D eigenvalue weighted by Gasteiger charge is 2.16. The van der Waals surface area contributed by atoms with E-state index in [2.05, 4.69) is 225 Å². The Kier molecular flexibility index (Phi) is 8.40. The maximum absolute atomic E-state index is 5.09. The van der Waals surface area contributed by atoms with E-state index >= 15 is 0 Å². The first kappa shape index (κ1) is 36.1. The summed E-state index contributed by atoms with van der Waals surface area (Å²) in [7, 11) is 0. The first-order valence-electron chi connectivity index (χ1n) is 21.7.